The molecule has 94 valence electrons. The predicted octanol–water partition coefficient (Wildman–Crippen LogP) is -0.164. The summed E-state index contributed by atoms with van der Waals surface area (Å²) in [6.07, 6.45) is 1.93. The van der Waals surface area contributed by atoms with Gasteiger partial charge in [-0.25, -0.2) is 0 Å². The number of rotatable bonds is 2. The Morgan fingerprint density at radius 2 is 2.12 bits per heavy atom. The summed E-state index contributed by atoms with van der Waals surface area (Å²) in [5.74, 6) is -0.104. The number of amides is 2. The van der Waals surface area contributed by atoms with Crippen LogP contribution in [0.1, 0.15) is 19.8 Å². The lowest BCUT2D eigenvalue weighted by Crippen LogP contribution is -2.49. The number of likely N-dealkylation sites (N-methyl/N-ethyl adjacent to an activating group) is 1. The number of likely N-dealkylation sites (tertiary alicyclic amines) is 1. The fourth-order valence-corrected chi connectivity index (χ4v) is 1.65. The van der Waals surface area contributed by atoms with Crippen LogP contribution in [0.2, 0.25) is 0 Å². The molecule has 5 nitrogen and oxygen atoms in total. The zero-order chi connectivity index (χ0) is 11.4. The maximum Gasteiger partial charge on any atom is 0.242 e. The topological polar surface area (TPSA) is 66.6 Å². The van der Waals surface area contributed by atoms with Crippen LogP contribution in [0.25, 0.3) is 0 Å². The molecule has 6 heteroatoms. The molecule has 0 radical (unpaired) electrons. The molecule has 0 aromatic heterocycles. The van der Waals surface area contributed by atoms with Crippen LogP contribution in [-0.4, -0.2) is 54.3 Å². The van der Waals surface area contributed by atoms with E-state index < -0.39 is 0 Å². The van der Waals surface area contributed by atoms with E-state index in [9.17, 15) is 9.59 Å². The molecule has 0 saturated carbocycles. The van der Waals surface area contributed by atoms with E-state index in [1.807, 2.05) is 0 Å². The number of piperidine rings is 1. The lowest BCUT2D eigenvalue weighted by Gasteiger charge is -2.31. The summed E-state index contributed by atoms with van der Waals surface area (Å²) in [4.78, 5) is 25.9. The highest BCUT2D eigenvalue weighted by atomic mass is 35.5. The predicted molar refractivity (Wildman–Crippen MR) is 64.3 cm³/mol. The Morgan fingerprint density at radius 3 is 2.62 bits per heavy atom. The largest absolute Gasteiger partial charge is 0.340 e. The maximum atomic E-state index is 11.7. The molecule has 2 amide bonds. The Balaban J connectivity index is 0.00000225. The van der Waals surface area contributed by atoms with Crippen LogP contribution in [0.4, 0.5) is 0 Å². The molecule has 1 aliphatic rings. The second-order valence-electron chi connectivity index (χ2n) is 4.12. The molecule has 2 N–H and O–H groups in total. The highest BCUT2D eigenvalue weighted by Crippen LogP contribution is 2.08. The van der Waals surface area contributed by atoms with E-state index >= 15 is 0 Å². The van der Waals surface area contributed by atoms with Crippen molar-refractivity contribution in [1.82, 2.24) is 9.80 Å². The number of nitrogens with zero attached hydrogens (tertiary/aromatic N) is 2. The van der Waals surface area contributed by atoms with Crippen molar-refractivity contribution in [2.45, 2.75) is 25.8 Å². The van der Waals surface area contributed by atoms with Crippen molar-refractivity contribution in [2.24, 2.45) is 5.73 Å². The molecule has 0 spiro atoms. The van der Waals surface area contributed by atoms with Gasteiger partial charge in [-0.15, -0.1) is 12.4 Å². The van der Waals surface area contributed by atoms with Crippen LogP contribution in [-0.2, 0) is 9.59 Å². The second-order valence-corrected chi connectivity index (χ2v) is 4.12. The van der Waals surface area contributed by atoms with Gasteiger partial charge in [-0.1, -0.05) is 0 Å². The van der Waals surface area contributed by atoms with E-state index in [2.05, 4.69) is 0 Å². The third-order valence-corrected chi connectivity index (χ3v) is 2.72. The number of nitrogens with two attached hydrogens (primary N) is 1. The minimum atomic E-state index is -0.0929. The van der Waals surface area contributed by atoms with Crippen molar-refractivity contribution >= 4 is 24.2 Å². The van der Waals surface area contributed by atoms with Crippen molar-refractivity contribution in [3.05, 3.63) is 0 Å². The van der Waals surface area contributed by atoms with Gasteiger partial charge < -0.3 is 15.5 Å². The summed E-state index contributed by atoms with van der Waals surface area (Å²) in [7, 11) is 1.63. The highest BCUT2D eigenvalue weighted by molar-refractivity contribution is 5.85. The molecule has 1 atom stereocenters. The van der Waals surface area contributed by atoms with Crippen LogP contribution < -0.4 is 5.73 Å². The molecule has 0 aromatic rings. The van der Waals surface area contributed by atoms with Crippen molar-refractivity contribution in [3.63, 3.8) is 0 Å². The first-order valence-electron chi connectivity index (χ1n) is 5.25. The minimum Gasteiger partial charge on any atom is -0.340 e. The molecule has 0 aromatic carbocycles. The summed E-state index contributed by atoms with van der Waals surface area (Å²) in [6.45, 7) is 2.99. The molecule has 1 rings (SSSR count). The average molecular weight is 250 g/mol. The molecule has 0 bridgehead atoms. The molecule has 1 aliphatic heterocycles. The summed E-state index contributed by atoms with van der Waals surface area (Å²) >= 11 is 0. The number of carbonyl (C=O) groups is 2. The van der Waals surface area contributed by atoms with Gasteiger partial charge in [0.2, 0.25) is 11.8 Å². The van der Waals surface area contributed by atoms with Crippen molar-refractivity contribution in [2.75, 3.05) is 26.7 Å². The number of carbonyl (C=O) groups excluding carboxylic acids is 2. The quantitative estimate of drug-likeness (QED) is 0.739. The lowest BCUT2D eigenvalue weighted by molar-refractivity contribution is -0.139. The van der Waals surface area contributed by atoms with Crippen LogP contribution >= 0.6 is 12.4 Å². The summed E-state index contributed by atoms with van der Waals surface area (Å²) in [6, 6.07) is 0.0883. The van der Waals surface area contributed by atoms with E-state index in [4.69, 9.17) is 5.73 Å². The lowest BCUT2D eigenvalue weighted by atomic mass is 10.1. The van der Waals surface area contributed by atoms with E-state index in [1.165, 1.54) is 11.8 Å². The smallest absolute Gasteiger partial charge is 0.242 e. The Labute approximate surface area is 102 Å². The Kier molecular flexibility index (Phi) is 6.36. The summed E-state index contributed by atoms with van der Waals surface area (Å²) in [5.41, 5.74) is 5.78. The first-order chi connectivity index (χ1) is 7.00. The summed E-state index contributed by atoms with van der Waals surface area (Å²) < 4.78 is 0. The van der Waals surface area contributed by atoms with Crippen molar-refractivity contribution in [3.8, 4) is 0 Å². The number of hydrogen-bond donors (Lipinski definition) is 1. The highest BCUT2D eigenvalue weighted by Gasteiger charge is 2.22. The maximum absolute atomic E-state index is 11.7. The molecule has 1 saturated heterocycles. The van der Waals surface area contributed by atoms with Gasteiger partial charge in [0.05, 0.1) is 6.54 Å². The molecule has 0 unspecified atom stereocenters. The third kappa shape index (κ3) is 4.37. The van der Waals surface area contributed by atoms with Gasteiger partial charge in [-0.2, -0.15) is 0 Å². The average Bonchev–Trinajstić information content (AvgIpc) is 2.17. The van der Waals surface area contributed by atoms with Crippen LogP contribution in [0, 0.1) is 0 Å². The van der Waals surface area contributed by atoms with Gasteiger partial charge in [-0.3, -0.25) is 9.59 Å². The standard InChI is InChI=1S/C10H19N3O2.ClH/c1-8(14)12(2)7-10(15)13-5-3-4-9(11)6-13;/h9H,3-7,11H2,1-2H3;1H/t9-;/m1./s1. The van der Waals surface area contributed by atoms with E-state index in [0.717, 1.165) is 19.4 Å². The van der Waals surface area contributed by atoms with E-state index in [1.54, 1.807) is 11.9 Å². The first-order valence-corrected chi connectivity index (χ1v) is 5.25. The van der Waals surface area contributed by atoms with E-state index in [0.29, 0.717) is 6.54 Å². The molecular formula is C10H20ClN3O2. The monoisotopic (exact) mass is 249 g/mol. The molecule has 1 heterocycles. The second kappa shape index (κ2) is 6.70. The molecule has 1 fully saturated rings. The number of halogens is 1. The van der Waals surface area contributed by atoms with E-state index in [-0.39, 0.29) is 36.8 Å². The van der Waals surface area contributed by atoms with Crippen molar-refractivity contribution in [1.29, 1.82) is 0 Å². The van der Waals surface area contributed by atoms with Crippen molar-refractivity contribution < 1.29 is 9.59 Å². The molecule has 0 aliphatic carbocycles. The van der Waals surface area contributed by atoms with Crippen LogP contribution in [0.5, 0.6) is 0 Å². The minimum absolute atomic E-state index is 0. The van der Waals surface area contributed by atoms with Gasteiger partial charge >= 0.3 is 0 Å². The van der Waals surface area contributed by atoms with Gasteiger partial charge in [0.1, 0.15) is 0 Å². The van der Waals surface area contributed by atoms with Gasteiger partial charge in [0, 0.05) is 33.1 Å². The first kappa shape index (κ1) is 15.2. The van der Waals surface area contributed by atoms with Gasteiger partial charge in [0.25, 0.3) is 0 Å². The molecule has 16 heavy (non-hydrogen) atoms. The SMILES string of the molecule is CC(=O)N(C)CC(=O)N1CCC[C@@H](N)C1.Cl. The Hall–Kier alpha value is -0.810. The Bertz CT molecular complexity index is 260. The zero-order valence-corrected chi connectivity index (χ0v) is 10.6. The van der Waals surface area contributed by atoms with Crippen LogP contribution in [0.15, 0.2) is 0 Å². The zero-order valence-electron chi connectivity index (χ0n) is 9.81. The van der Waals surface area contributed by atoms with Gasteiger partial charge in [-0.05, 0) is 12.8 Å². The fraction of sp³-hybridized carbons (Fsp3) is 0.800. The summed E-state index contributed by atoms with van der Waals surface area (Å²) in [5, 5.41) is 0. The molecular weight excluding hydrogens is 230 g/mol. The van der Waals surface area contributed by atoms with Gasteiger partial charge in [0.15, 0.2) is 0 Å². The van der Waals surface area contributed by atoms with Crippen LogP contribution in [0.3, 0.4) is 0 Å². The third-order valence-electron chi connectivity index (χ3n) is 2.72. The fourth-order valence-electron chi connectivity index (χ4n) is 1.65. The number of hydrogen-bond acceptors (Lipinski definition) is 3. The normalized spacial score (nSPS) is 19.9. The Morgan fingerprint density at radius 1 is 1.50 bits per heavy atom.